The van der Waals surface area contributed by atoms with Gasteiger partial charge in [0.05, 0.1) is 11.6 Å². The molecule has 3 aromatic carbocycles. The topological polar surface area (TPSA) is 61.2 Å². The van der Waals surface area contributed by atoms with Crippen molar-refractivity contribution in [3.63, 3.8) is 0 Å². The molecule has 5 heteroatoms. The Morgan fingerprint density at radius 2 is 1.32 bits per heavy atom. The zero-order valence-corrected chi connectivity index (χ0v) is 16.1. The van der Waals surface area contributed by atoms with Gasteiger partial charge in [-0.3, -0.25) is 0 Å². The van der Waals surface area contributed by atoms with E-state index in [9.17, 15) is 8.42 Å². The van der Waals surface area contributed by atoms with E-state index in [1.54, 1.807) is 30.3 Å². The zero-order chi connectivity index (χ0) is 19.8. The Morgan fingerprint density at radius 1 is 0.786 bits per heavy atom. The van der Waals surface area contributed by atoms with E-state index in [2.05, 4.69) is 6.07 Å². The number of rotatable bonds is 7. The Hall–Kier alpha value is -3.20. The summed E-state index contributed by atoms with van der Waals surface area (Å²) in [7, 11) is -3.64. The summed E-state index contributed by atoms with van der Waals surface area (Å²) in [5.74, 6) is 0. The van der Waals surface area contributed by atoms with Crippen LogP contribution in [0.3, 0.4) is 0 Å². The number of hydrogen-bond acceptors (Lipinski definition) is 3. The fourth-order valence-corrected chi connectivity index (χ4v) is 3.89. The van der Waals surface area contributed by atoms with Gasteiger partial charge in [0.2, 0.25) is 10.0 Å². The Balaban J connectivity index is 1.87. The van der Waals surface area contributed by atoms with Gasteiger partial charge in [-0.15, -0.1) is 0 Å². The van der Waals surface area contributed by atoms with Crippen LogP contribution in [-0.4, -0.2) is 12.7 Å². The van der Waals surface area contributed by atoms with Crippen LogP contribution in [-0.2, 0) is 23.1 Å². The first-order chi connectivity index (χ1) is 13.6. The van der Waals surface area contributed by atoms with Gasteiger partial charge in [-0.25, -0.2) is 8.42 Å². The molecule has 0 radical (unpaired) electrons. The fourth-order valence-electron chi connectivity index (χ4n) is 2.73. The molecule has 28 heavy (non-hydrogen) atoms. The van der Waals surface area contributed by atoms with Crippen LogP contribution in [0.25, 0.3) is 6.08 Å². The molecule has 0 N–H and O–H groups in total. The third-order valence-corrected chi connectivity index (χ3v) is 5.69. The van der Waals surface area contributed by atoms with Gasteiger partial charge in [-0.05, 0) is 34.9 Å². The van der Waals surface area contributed by atoms with E-state index in [1.165, 1.54) is 9.71 Å². The van der Waals surface area contributed by atoms with Crippen molar-refractivity contribution in [2.24, 2.45) is 0 Å². The van der Waals surface area contributed by atoms with E-state index in [-0.39, 0.29) is 13.1 Å². The zero-order valence-electron chi connectivity index (χ0n) is 15.3. The highest BCUT2D eigenvalue weighted by atomic mass is 32.2. The van der Waals surface area contributed by atoms with Crippen LogP contribution in [0.4, 0.5) is 0 Å². The number of nitrogens with zero attached hydrogens (tertiary/aromatic N) is 2. The quantitative estimate of drug-likeness (QED) is 0.596. The Kier molecular flexibility index (Phi) is 6.38. The Morgan fingerprint density at radius 3 is 1.89 bits per heavy atom. The minimum absolute atomic E-state index is 0.224. The number of nitriles is 1. The molecule has 0 heterocycles. The lowest BCUT2D eigenvalue weighted by atomic mass is 10.1. The second-order valence-electron chi connectivity index (χ2n) is 6.32. The van der Waals surface area contributed by atoms with Gasteiger partial charge in [-0.1, -0.05) is 72.8 Å². The monoisotopic (exact) mass is 388 g/mol. The molecule has 3 aromatic rings. The smallest absolute Gasteiger partial charge is 0.207 e. The lowest BCUT2D eigenvalue weighted by Crippen LogP contribution is -2.28. The predicted molar refractivity (Wildman–Crippen MR) is 111 cm³/mol. The van der Waals surface area contributed by atoms with Crippen molar-refractivity contribution in [1.82, 2.24) is 4.31 Å². The van der Waals surface area contributed by atoms with E-state index >= 15 is 0 Å². The van der Waals surface area contributed by atoms with Gasteiger partial charge in [0.25, 0.3) is 0 Å². The SMILES string of the molecule is N#Cc1ccc(CN(Cc2ccccc2)S(=O)(=O)/C=C/c2ccccc2)cc1. The highest BCUT2D eigenvalue weighted by molar-refractivity contribution is 7.92. The molecule has 0 amide bonds. The molecule has 140 valence electrons. The highest BCUT2D eigenvalue weighted by Crippen LogP contribution is 2.17. The Bertz CT molecular complexity index is 1070. The van der Waals surface area contributed by atoms with Gasteiger partial charge < -0.3 is 0 Å². The molecule has 3 rings (SSSR count). The van der Waals surface area contributed by atoms with Crippen LogP contribution in [0.2, 0.25) is 0 Å². The summed E-state index contributed by atoms with van der Waals surface area (Å²) in [6, 6.07) is 27.9. The van der Waals surface area contributed by atoms with E-state index in [4.69, 9.17) is 5.26 Å². The molecule has 0 atom stereocenters. The van der Waals surface area contributed by atoms with Gasteiger partial charge in [0, 0.05) is 18.5 Å². The van der Waals surface area contributed by atoms with E-state index in [1.807, 2.05) is 60.7 Å². The van der Waals surface area contributed by atoms with Crippen molar-refractivity contribution in [2.45, 2.75) is 13.1 Å². The molecule has 0 fully saturated rings. The lowest BCUT2D eigenvalue weighted by Gasteiger charge is -2.21. The molecule has 0 saturated heterocycles. The summed E-state index contributed by atoms with van der Waals surface area (Å²) in [6.45, 7) is 0.490. The summed E-state index contributed by atoms with van der Waals surface area (Å²) < 4.78 is 27.5. The molecule has 0 aliphatic heterocycles. The molecule has 0 unspecified atom stereocenters. The average molecular weight is 388 g/mol. The molecule has 0 aliphatic rings. The first-order valence-electron chi connectivity index (χ1n) is 8.83. The second-order valence-corrected chi connectivity index (χ2v) is 8.14. The van der Waals surface area contributed by atoms with Crippen molar-refractivity contribution in [1.29, 1.82) is 5.26 Å². The summed E-state index contributed by atoms with van der Waals surface area (Å²) in [5, 5.41) is 10.2. The number of sulfonamides is 1. The molecule has 0 aliphatic carbocycles. The molecule has 4 nitrogen and oxygen atoms in total. The van der Waals surface area contributed by atoms with Crippen LogP contribution in [0.15, 0.2) is 90.3 Å². The molecule has 0 bridgehead atoms. The van der Waals surface area contributed by atoms with E-state index < -0.39 is 10.0 Å². The fraction of sp³-hybridized carbons (Fsp3) is 0.0870. The number of benzene rings is 3. The summed E-state index contributed by atoms with van der Waals surface area (Å²) in [6.07, 6.45) is 1.60. The maximum absolute atomic E-state index is 13.0. The third kappa shape index (κ3) is 5.40. The first kappa shape index (κ1) is 19.6. The van der Waals surface area contributed by atoms with E-state index in [0.29, 0.717) is 5.56 Å². The minimum atomic E-state index is -3.64. The van der Waals surface area contributed by atoms with Crippen LogP contribution in [0, 0.1) is 11.3 Å². The lowest BCUT2D eigenvalue weighted by molar-refractivity contribution is 0.407. The van der Waals surface area contributed by atoms with Gasteiger partial charge in [0.15, 0.2) is 0 Å². The maximum Gasteiger partial charge on any atom is 0.236 e. The van der Waals surface area contributed by atoms with Crippen molar-refractivity contribution in [3.05, 3.63) is 113 Å². The number of hydrogen-bond donors (Lipinski definition) is 0. The minimum Gasteiger partial charge on any atom is -0.207 e. The summed E-state index contributed by atoms with van der Waals surface area (Å²) >= 11 is 0. The van der Waals surface area contributed by atoms with Crippen molar-refractivity contribution in [2.75, 3.05) is 0 Å². The van der Waals surface area contributed by atoms with Gasteiger partial charge in [-0.2, -0.15) is 9.57 Å². The average Bonchev–Trinajstić information content (AvgIpc) is 2.74. The summed E-state index contributed by atoms with van der Waals surface area (Å²) in [4.78, 5) is 0. The van der Waals surface area contributed by atoms with Crippen LogP contribution >= 0.6 is 0 Å². The maximum atomic E-state index is 13.0. The standard InChI is InChI=1S/C23H20N2O2S/c24-17-21-11-13-23(14-12-21)19-25(18-22-9-5-2-6-10-22)28(26,27)16-15-20-7-3-1-4-8-20/h1-16H,18-19H2/b16-15+. The predicted octanol–water partition coefficient (Wildman–Crippen LogP) is 4.56. The van der Waals surface area contributed by atoms with Gasteiger partial charge >= 0.3 is 0 Å². The van der Waals surface area contributed by atoms with Gasteiger partial charge in [0.1, 0.15) is 0 Å². The molecular formula is C23H20N2O2S. The van der Waals surface area contributed by atoms with Crippen molar-refractivity contribution < 1.29 is 8.42 Å². The van der Waals surface area contributed by atoms with Crippen LogP contribution in [0.1, 0.15) is 22.3 Å². The Labute approximate surface area is 166 Å². The van der Waals surface area contributed by atoms with Crippen LogP contribution in [0.5, 0.6) is 0 Å². The third-order valence-electron chi connectivity index (χ3n) is 4.24. The molecule has 0 aromatic heterocycles. The van der Waals surface area contributed by atoms with Crippen molar-refractivity contribution >= 4 is 16.1 Å². The summed E-state index contributed by atoms with van der Waals surface area (Å²) in [5.41, 5.74) is 3.11. The first-order valence-corrected chi connectivity index (χ1v) is 10.3. The van der Waals surface area contributed by atoms with Crippen LogP contribution < -0.4 is 0 Å². The van der Waals surface area contributed by atoms with Crippen molar-refractivity contribution in [3.8, 4) is 6.07 Å². The molecular weight excluding hydrogens is 368 g/mol. The normalized spacial score (nSPS) is 11.6. The second kappa shape index (κ2) is 9.14. The molecule has 0 spiro atoms. The largest absolute Gasteiger partial charge is 0.236 e. The molecule has 0 saturated carbocycles. The van der Waals surface area contributed by atoms with E-state index in [0.717, 1.165) is 16.7 Å². The highest BCUT2D eigenvalue weighted by Gasteiger charge is 2.20.